The quantitative estimate of drug-likeness (QED) is 0.289. The highest BCUT2D eigenvalue weighted by Crippen LogP contribution is 2.41. The van der Waals surface area contributed by atoms with Gasteiger partial charge in [0.1, 0.15) is 5.82 Å². The lowest BCUT2D eigenvalue weighted by molar-refractivity contribution is -0.130. The summed E-state index contributed by atoms with van der Waals surface area (Å²) >= 11 is 2.61. The van der Waals surface area contributed by atoms with Gasteiger partial charge in [0.2, 0.25) is 11.0 Å². The number of amides is 1. The maximum absolute atomic E-state index is 13.9. The van der Waals surface area contributed by atoms with Gasteiger partial charge in [-0.3, -0.25) is 4.79 Å². The van der Waals surface area contributed by atoms with Gasteiger partial charge in [0.05, 0.1) is 31.7 Å². The number of hydrogen-bond acceptors (Lipinski definition) is 8. The maximum atomic E-state index is 13.9. The van der Waals surface area contributed by atoms with Crippen LogP contribution in [-0.2, 0) is 11.2 Å². The zero-order valence-electron chi connectivity index (χ0n) is 20.3. The van der Waals surface area contributed by atoms with E-state index < -0.39 is 0 Å². The first-order valence-electron chi connectivity index (χ1n) is 11.6. The first kappa shape index (κ1) is 25.0. The molecule has 1 atom stereocenters. The molecule has 0 bridgehead atoms. The Balaban J connectivity index is 1.35. The summed E-state index contributed by atoms with van der Waals surface area (Å²) in [6, 6.07) is 20.1. The number of fused-ring (bicyclic) bond motifs is 1. The molecule has 1 amide bonds. The summed E-state index contributed by atoms with van der Waals surface area (Å²) in [7, 11) is 3.24. The monoisotopic (exact) mass is 536 g/mol. The van der Waals surface area contributed by atoms with Crippen LogP contribution in [0.5, 0.6) is 11.5 Å². The minimum Gasteiger partial charge on any atom is -0.493 e. The zero-order chi connectivity index (χ0) is 25.8. The number of para-hydroxylation sites is 1. The number of aromatic nitrogens is 2. The molecule has 1 aromatic heterocycles. The zero-order valence-corrected chi connectivity index (χ0v) is 21.9. The van der Waals surface area contributed by atoms with Crippen molar-refractivity contribution in [1.82, 2.24) is 15.1 Å². The standard InChI is InChI=1S/C27H25FN4O3S2/c1-34-22-14-18-12-13-32(25(17-8-4-3-5-9-17)19(18)15-23(22)35-2)24(33)16-36-27-31-30-26(37-27)29-21-11-7-6-10-20(21)28/h3-11,14-15,25H,12-13,16H2,1-2H3,(H,29,30)/t25-/m0/s1. The SMILES string of the molecule is COc1cc2c(cc1OC)[C@H](c1ccccc1)N(C(=O)CSc1nnc(Nc3ccccc3F)s1)CC2. The number of carbonyl (C=O) groups excluding carboxylic acids is 1. The summed E-state index contributed by atoms with van der Waals surface area (Å²) in [5.41, 5.74) is 3.52. The van der Waals surface area contributed by atoms with Crippen molar-refractivity contribution in [2.45, 2.75) is 16.8 Å². The molecule has 1 aliphatic rings. The number of thioether (sulfide) groups is 1. The highest BCUT2D eigenvalue weighted by molar-refractivity contribution is 8.01. The molecule has 3 aromatic carbocycles. The minimum atomic E-state index is -0.367. The number of nitrogens with zero attached hydrogens (tertiary/aromatic N) is 3. The Morgan fingerprint density at radius 2 is 1.81 bits per heavy atom. The first-order chi connectivity index (χ1) is 18.1. The van der Waals surface area contributed by atoms with E-state index in [1.807, 2.05) is 47.4 Å². The topological polar surface area (TPSA) is 76.6 Å². The number of hydrogen-bond donors (Lipinski definition) is 1. The lowest BCUT2D eigenvalue weighted by Crippen LogP contribution is -2.41. The molecule has 0 spiro atoms. The summed E-state index contributed by atoms with van der Waals surface area (Å²) in [5.74, 6) is 1.15. The van der Waals surface area contributed by atoms with Crippen LogP contribution in [0.15, 0.2) is 71.1 Å². The van der Waals surface area contributed by atoms with Crippen LogP contribution in [0.1, 0.15) is 22.7 Å². The van der Waals surface area contributed by atoms with Crippen molar-refractivity contribution in [1.29, 1.82) is 0 Å². The van der Waals surface area contributed by atoms with Gasteiger partial charge in [0, 0.05) is 6.54 Å². The van der Waals surface area contributed by atoms with Crippen LogP contribution in [0.3, 0.4) is 0 Å². The van der Waals surface area contributed by atoms with E-state index in [2.05, 4.69) is 15.5 Å². The number of halogens is 1. The largest absolute Gasteiger partial charge is 0.493 e. The summed E-state index contributed by atoms with van der Waals surface area (Å²) in [6.45, 7) is 0.581. The second-order valence-electron chi connectivity index (χ2n) is 8.32. The number of ether oxygens (including phenoxy) is 2. The molecule has 5 rings (SSSR count). The van der Waals surface area contributed by atoms with E-state index in [-0.39, 0.29) is 23.5 Å². The van der Waals surface area contributed by atoms with Gasteiger partial charge >= 0.3 is 0 Å². The Bertz CT molecular complexity index is 1400. The van der Waals surface area contributed by atoms with Crippen molar-refractivity contribution >= 4 is 39.8 Å². The molecule has 4 aromatic rings. The van der Waals surface area contributed by atoms with Crippen LogP contribution < -0.4 is 14.8 Å². The number of carbonyl (C=O) groups is 1. The maximum Gasteiger partial charge on any atom is 0.233 e. The van der Waals surface area contributed by atoms with E-state index in [0.717, 1.165) is 16.7 Å². The van der Waals surface area contributed by atoms with Crippen molar-refractivity contribution in [2.24, 2.45) is 0 Å². The third kappa shape index (κ3) is 5.40. The van der Waals surface area contributed by atoms with Crippen LogP contribution in [0, 0.1) is 5.82 Å². The van der Waals surface area contributed by atoms with Crippen molar-refractivity contribution in [3.05, 3.63) is 89.2 Å². The molecule has 0 saturated heterocycles. The Morgan fingerprint density at radius 1 is 1.08 bits per heavy atom. The molecule has 7 nitrogen and oxygen atoms in total. The lowest BCUT2D eigenvalue weighted by atomic mass is 9.87. The summed E-state index contributed by atoms with van der Waals surface area (Å²) < 4.78 is 25.6. The summed E-state index contributed by atoms with van der Waals surface area (Å²) in [6.07, 6.45) is 0.713. The lowest BCUT2D eigenvalue weighted by Gasteiger charge is -2.38. The fraction of sp³-hybridized carbons (Fsp3) is 0.222. The Labute approximate surface area is 222 Å². The average Bonchev–Trinajstić information content (AvgIpc) is 3.39. The Morgan fingerprint density at radius 3 is 2.57 bits per heavy atom. The normalized spacial score (nSPS) is 14.7. The molecule has 10 heteroatoms. The summed E-state index contributed by atoms with van der Waals surface area (Å²) in [5, 5.41) is 11.7. The molecular weight excluding hydrogens is 511 g/mol. The van der Waals surface area contributed by atoms with Gasteiger partial charge < -0.3 is 19.7 Å². The first-order valence-corrected chi connectivity index (χ1v) is 13.4. The third-order valence-corrected chi connectivity index (χ3v) is 8.11. The van der Waals surface area contributed by atoms with Crippen molar-refractivity contribution < 1.29 is 18.7 Å². The number of rotatable bonds is 8. The molecule has 1 N–H and O–H groups in total. The van der Waals surface area contributed by atoms with Crippen LogP contribution >= 0.6 is 23.1 Å². The van der Waals surface area contributed by atoms with Gasteiger partial charge in [-0.2, -0.15) is 0 Å². The number of anilines is 2. The van der Waals surface area contributed by atoms with Crippen molar-refractivity contribution in [3.8, 4) is 11.5 Å². The van der Waals surface area contributed by atoms with E-state index in [0.29, 0.717) is 39.6 Å². The van der Waals surface area contributed by atoms with Crippen LogP contribution in [-0.4, -0.2) is 47.5 Å². The third-order valence-electron chi connectivity index (χ3n) is 6.15. The predicted molar refractivity (Wildman–Crippen MR) is 144 cm³/mol. The highest BCUT2D eigenvalue weighted by Gasteiger charge is 2.33. The predicted octanol–water partition coefficient (Wildman–Crippen LogP) is 5.70. The molecule has 0 aliphatic carbocycles. The van der Waals surface area contributed by atoms with E-state index >= 15 is 0 Å². The molecule has 37 heavy (non-hydrogen) atoms. The van der Waals surface area contributed by atoms with Gasteiger partial charge in [-0.05, 0) is 47.4 Å². The Hall–Kier alpha value is -3.63. The summed E-state index contributed by atoms with van der Waals surface area (Å²) in [4.78, 5) is 15.4. The Kier molecular flexibility index (Phi) is 7.57. The van der Waals surface area contributed by atoms with E-state index in [9.17, 15) is 9.18 Å². The number of nitrogens with one attached hydrogen (secondary N) is 1. The minimum absolute atomic E-state index is 0.00176. The average molecular weight is 537 g/mol. The van der Waals surface area contributed by atoms with E-state index in [4.69, 9.17) is 9.47 Å². The van der Waals surface area contributed by atoms with Crippen molar-refractivity contribution in [2.75, 3.05) is 31.8 Å². The van der Waals surface area contributed by atoms with Crippen LogP contribution in [0.4, 0.5) is 15.2 Å². The van der Waals surface area contributed by atoms with E-state index in [1.165, 1.54) is 29.2 Å². The van der Waals surface area contributed by atoms with Gasteiger partial charge in [0.15, 0.2) is 15.8 Å². The second kappa shape index (κ2) is 11.2. The van der Waals surface area contributed by atoms with Gasteiger partial charge in [-0.25, -0.2) is 4.39 Å². The fourth-order valence-electron chi connectivity index (χ4n) is 4.41. The molecule has 190 valence electrons. The van der Waals surface area contributed by atoms with Crippen LogP contribution in [0.2, 0.25) is 0 Å². The molecule has 0 unspecified atom stereocenters. The van der Waals surface area contributed by atoms with Gasteiger partial charge in [0.25, 0.3) is 0 Å². The molecule has 2 heterocycles. The van der Waals surface area contributed by atoms with Crippen LogP contribution in [0.25, 0.3) is 0 Å². The highest BCUT2D eigenvalue weighted by atomic mass is 32.2. The van der Waals surface area contributed by atoms with Crippen molar-refractivity contribution in [3.63, 3.8) is 0 Å². The molecule has 0 fully saturated rings. The fourth-order valence-corrected chi connectivity index (χ4v) is 6.06. The van der Waals surface area contributed by atoms with Gasteiger partial charge in [-0.15, -0.1) is 10.2 Å². The second-order valence-corrected chi connectivity index (χ2v) is 10.5. The molecule has 0 radical (unpaired) electrons. The molecule has 0 saturated carbocycles. The van der Waals surface area contributed by atoms with Gasteiger partial charge in [-0.1, -0.05) is 65.6 Å². The van der Waals surface area contributed by atoms with E-state index in [1.54, 1.807) is 32.4 Å². The molecular formula is C27H25FN4O3S2. The smallest absolute Gasteiger partial charge is 0.233 e. The molecule has 1 aliphatic heterocycles. The number of methoxy groups -OCH3 is 2. The number of benzene rings is 3.